The topological polar surface area (TPSA) is 45.7 Å². The van der Waals surface area contributed by atoms with Crippen molar-refractivity contribution in [2.24, 2.45) is 5.92 Å². The van der Waals surface area contributed by atoms with Gasteiger partial charge in [0, 0.05) is 24.8 Å². The largest absolute Gasteiger partial charge is 0.443 e. The van der Waals surface area contributed by atoms with Gasteiger partial charge in [0.1, 0.15) is 11.4 Å². The number of pyridine rings is 1. The van der Waals surface area contributed by atoms with Crippen molar-refractivity contribution in [2.45, 2.75) is 78.0 Å². The molecule has 0 spiro atoms. The lowest BCUT2D eigenvalue weighted by Crippen LogP contribution is -2.38. The van der Waals surface area contributed by atoms with Gasteiger partial charge >= 0.3 is 6.09 Å². The standard InChI is InChI=1S/C21H33N3O2/c1-15(2)14-23-12-6-7-18(23)16-8-11-19(22-13-16)24(17-9-10-17)20(25)26-21(3,4)5/h8,11,13,15,17-18H,6-7,9-10,12,14H2,1-5H3/t18-/m0/s1. The predicted molar refractivity (Wildman–Crippen MR) is 104 cm³/mol. The summed E-state index contributed by atoms with van der Waals surface area (Å²) < 4.78 is 5.59. The monoisotopic (exact) mass is 359 g/mol. The molecule has 1 saturated heterocycles. The van der Waals surface area contributed by atoms with Crippen LogP contribution < -0.4 is 4.90 Å². The molecule has 1 aliphatic heterocycles. The summed E-state index contributed by atoms with van der Waals surface area (Å²) in [5, 5.41) is 0. The van der Waals surface area contributed by atoms with E-state index in [1.807, 2.05) is 33.0 Å². The van der Waals surface area contributed by atoms with Gasteiger partial charge in [0.2, 0.25) is 0 Å². The van der Waals surface area contributed by atoms with Gasteiger partial charge in [-0.05, 0) is 70.5 Å². The Morgan fingerprint density at radius 1 is 1.31 bits per heavy atom. The lowest BCUT2D eigenvalue weighted by atomic mass is 10.1. The molecule has 0 aromatic carbocycles. The maximum absolute atomic E-state index is 12.6. The van der Waals surface area contributed by atoms with Gasteiger partial charge in [-0.2, -0.15) is 0 Å². The van der Waals surface area contributed by atoms with E-state index in [0.717, 1.165) is 25.9 Å². The zero-order valence-electron chi connectivity index (χ0n) is 16.9. The molecule has 0 bridgehead atoms. The van der Waals surface area contributed by atoms with Crippen LogP contribution in [-0.4, -0.2) is 40.7 Å². The highest BCUT2D eigenvalue weighted by Gasteiger charge is 2.37. The molecule has 144 valence electrons. The number of anilines is 1. The predicted octanol–water partition coefficient (Wildman–Crippen LogP) is 4.78. The Morgan fingerprint density at radius 2 is 2.04 bits per heavy atom. The molecule has 5 heteroatoms. The molecule has 0 unspecified atom stereocenters. The summed E-state index contributed by atoms with van der Waals surface area (Å²) in [7, 11) is 0. The number of carbonyl (C=O) groups excluding carboxylic acids is 1. The minimum Gasteiger partial charge on any atom is -0.443 e. The number of aromatic nitrogens is 1. The van der Waals surface area contributed by atoms with Crippen LogP contribution in [0.25, 0.3) is 0 Å². The van der Waals surface area contributed by atoms with Gasteiger partial charge in [-0.15, -0.1) is 0 Å². The molecule has 2 aliphatic rings. The third-order valence-corrected chi connectivity index (χ3v) is 4.87. The fourth-order valence-corrected chi connectivity index (χ4v) is 3.70. The van der Waals surface area contributed by atoms with Crippen molar-refractivity contribution in [3.63, 3.8) is 0 Å². The van der Waals surface area contributed by atoms with Crippen molar-refractivity contribution in [1.29, 1.82) is 0 Å². The van der Waals surface area contributed by atoms with E-state index in [1.54, 1.807) is 4.90 Å². The van der Waals surface area contributed by atoms with E-state index in [9.17, 15) is 4.79 Å². The Labute approximate surface area is 157 Å². The van der Waals surface area contributed by atoms with Crippen LogP contribution in [0.3, 0.4) is 0 Å². The average Bonchev–Trinajstić information content (AvgIpc) is 3.25. The van der Waals surface area contributed by atoms with Crippen molar-refractivity contribution in [2.75, 3.05) is 18.0 Å². The second-order valence-corrected chi connectivity index (χ2v) is 9.08. The second-order valence-electron chi connectivity index (χ2n) is 9.08. The van der Waals surface area contributed by atoms with E-state index >= 15 is 0 Å². The Kier molecular flexibility index (Phi) is 5.56. The summed E-state index contributed by atoms with van der Waals surface area (Å²) in [6.07, 6.45) is 6.14. The van der Waals surface area contributed by atoms with Crippen molar-refractivity contribution < 1.29 is 9.53 Å². The summed E-state index contributed by atoms with van der Waals surface area (Å²) in [5.74, 6) is 1.37. The fourth-order valence-electron chi connectivity index (χ4n) is 3.70. The summed E-state index contributed by atoms with van der Waals surface area (Å²) in [4.78, 5) is 21.6. The molecule has 1 aromatic heterocycles. The first-order chi connectivity index (χ1) is 12.2. The molecule has 26 heavy (non-hydrogen) atoms. The SMILES string of the molecule is CC(C)CN1CCC[C@H]1c1ccc(N(C(=O)OC(C)(C)C)C2CC2)nc1. The first-order valence-corrected chi connectivity index (χ1v) is 9.97. The summed E-state index contributed by atoms with van der Waals surface area (Å²) in [5.41, 5.74) is 0.762. The average molecular weight is 360 g/mol. The number of nitrogens with zero attached hydrogens (tertiary/aromatic N) is 3. The van der Waals surface area contributed by atoms with E-state index < -0.39 is 5.60 Å². The van der Waals surface area contributed by atoms with E-state index in [-0.39, 0.29) is 12.1 Å². The van der Waals surface area contributed by atoms with Gasteiger partial charge in [-0.25, -0.2) is 9.78 Å². The van der Waals surface area contributed by atoms with Crippen LogP contribution in [0.15, 0.2) is 18.3 Å². The summed E-state index contributed by atoms with van der Waals surface area (Å²) in [6.45, 7) is 12.5. The zero-order valence-corrected chi connectivity index (χ0v) is 16.9. The van der Waals surface area contributed by atoms with Crippen molar-refractivity contribution in [3.05, 3.63) is 23.9 Å². The van der Waals surface area contributed by atoms with Crippen LogP contribution in [0.5, 0.6) is 0 Å². The molecule has 0 N–H and O–H groups in total. The lowest BCUT2D eigenvalue weighted by molar-refractivity contribution is 0.0576. The highest BCUT2D eigenvalue weighted by molar-refractivity contribution is 5.88. The normalized spacial score (nSPS) is 21.2. The molecule has 3 rings (SSSR count). The Balaban J connectivity index is 1.74. The molecule has 1 aliphatic carbocycles. The van der Waals surface area contributed by atoms with E-state index in [4.69, 9.17) is 4.74 Å². The molecule has 2 fully saturated rings. The molecular formula is C21H33N3O2. The van der Waals surface area contributed by atoms with Crippen LogP contribution in [-0.2, 0) is 4.74 Å². The van der Waals surface area contributed by atoms with E-state index in [1.165, 1.54) is 18.4 Å². The molecule has 2 heterocycles. The Hall–Kier alpha value is -1.62. The third-order valence-electron chi connectivity index (χ3n) is 4.87. The third kappa shape index (κ3) is 4.76. The van der Waals surface area contributed by atoms with Gasteiger partial charge in [0.25, 0.3) is 0 Å². The Morgan fingerprint density at radius 3 is 2.58 bits per heavy atom. The molecule has 1 atom stereocenters. The number of hydrogen-bond acceptors (Lipinski definition) is 4. The number of rotatable bonds is 5. The summed E-state index contributed by atoms with van der Waals surface area (Å²) in [6, 6.07) is 4.82. The van der Waals surface area contributed by atoms with E-state index in [2.05, 4.69) is 29.8 Å². The number of amides is 1. The van der Waals surface area contributed by atoms with Gasteiger partial charge in [0.15, 0.2) is 0 Å². The zero-order chi connectivity index (χ0) is 18.9. The number of carbonyl (C=O) groups is 1. The van der Waals surface area contributed by atoms with Crippen LogP contribution >= 0.6 is 0 Å². The second kappa shape index (κ2) is 7.55. The van der Waals surface area contributed by atoms with Crippen LogP contribution in [0.1, 0.15) is 71.9 Å². The van der Waals surface area contributed by atoms with Gasteiger partial charge < -0.3 is 4.74 Å². The highest BCUT2D eigenvalue weighted by Crippen LogP contribution is 2.35. The van der Waals surface area contributed by atoms with Crippen LogP contribution in [0.4, 0.5) is 10.6 Å². The fraction of sp³-hybridized carbons (Fsp3) is 0.714. The van der Waals surface area contributed by atoms with Gasteiger partial charge in [-0.1, -0.05) is 19.9 Å². The van der Waals surface area contributed by atoms with Crippen LogP contribution in [0.2, 0.25) is 0 Å². The van der Waals surface area contributed by atoms with Gasteiger partial charge in [0.05, 0.1) is 0 Å². The molecule has 0 radical (unpaired) electrons. The number of likely N-dealkylation sites (tertiary alicyclic amines) is 1. The quantitative estimate of drug-likeness (QED) is 0.759. The van der Waals surface area contributed by atoms with E-state index in [0.29, 0.717) is 17.8 Å². The molecular weight excluding hydrogens is 326 g/mol. The lowest BCUT2D eigenvalue weighted by Gasteiger charge is -2.28. The number of ether oxygens (including phenoxy) is 1. The van der Waals surface area contributed by atoms with Crippen molar-refractivity contribution in [1.82, 2.24) is 9.88 Å². The molecule has 1 aromatic rings. The molecule has 5 nitrogen and oxygen atoms in total. The van der Waals surface area contributed by atoms with Crippen molar-refractivity contribution >= 4 is 11.9 Å². The van der Waals surface area contributed by atoms with Crippen molar-refractivity contribution in [3.8, 4) is 0 Å². The van der Waals surface area contributed by atoms with Crippen LogP contribution in [0, 0.1) is 5.92 Å². The first kappa shape index (κ1) is 19.2. The smallest absolute Gasteiger partial charge is 0.416 e. The maximum atomic E-state index is 12.6. The van der Waals surface area contributed by atoms with Gasteiger partial charge in [-0.3, -0.25) is 9.80 Å². The first-order valence-electron chi connectivity index (χ1n) is 9.97. The molecule has 1 amide bonds. The summed E-state index contributed by atoms with van der Waals surface area (Å²) >= 11 is 0. The maximum Gasteiger partial charge on any atom is 0.416 e. The Bertz CT molecular complexity index is 617. The highest BCUT2D eigenvalue weighted by atomic mass is 16.6. The molecule has 1 saturated carbocycles. The minimum atomic E-state index is -0.495. The number of hydrogen-bond donors (Lipinski definition) is 0. The minimum absolute atomic E-state index is 0.229.